The van der Waals surface area contributed by atoms with E-state index in [1.54, 1.807) is 0 Å². The molecule has 1 aliphatic heterocycles. The van der Waals surface area contributed by atoms with Gasteiger partial charge in [0.2, 0.25) is 10.0 Å². The van der Waals surface area contributed by atoms with E-state index in [0.717, 1.165) is 37.8 Å². The van der Waals surface area contributed by atoms with Crippen LogP contribution in [0.4, 0.5) is 4.39 Å². The molecule has 0 radical (unpaired) electrons. The number of hydrogen-bond donors (Lipinski definition) is 2. The van der Waals surface area contributed by atoms with E-state index < -0.39 is 27.7 Å². The van der Waals surface area contributed by atoms with E-state index in [4.69, 9.17) is 0 Å². The molecule has 0 aliphatic carbocycles. The smallest absolute Gasteiger partial charge is 0.309 e. The minimum Gasteiger partial charge on any atom is -0.348 e. The van der Waals surface area contributed by atoms with E-state index in [1.807, 2.05) is 6.92 Å². The molecule has 0 spiro atoms. The van der Waals surface area contributed by atoms with E-state index in [1.165, 1.54) is 16.4 Å². The van der Waals surface area contributed by atoms with Gasteiger partial charge in [-0.2, -0.15) is 4.31 Å². The Morgan fingerprint density at radius 1 is 1.11 bits per heavy atom. The van der Waals surface area contributed by atoms with Crippen molar-refractivity contribution < 1.29 is 22.4 Å². The molecule has 28 heavy (non-hydrogen) atoms. The maximum Gasteiger partial charge on any atom is 0.309 e. The lowest BCUT2D eigenvalue weighted by molar-refractivity contribution is -0.139. The summed E-state index contributed by atoms with van der Waals surface area (Å²) in [4.78, 5) is 23.6. The Balaban J connectivity index is 1.93. The van der Waals surface area contributed by atoms with Crippen LogP contribution in [-0.2, 0) is 19.6 Å². The molecule has 0 aromatic heterocycles. The average molecular weight is 414 g/mol. The Morgan fingerprint density at radius 3 is 2.39 bits per heavy atom. The lowest BCUT2D eigenvalue weighted by Crippen LogP contribution is -2.46. The lowest BCUT2D eigenvalue weighted by atomic mass is 10.0. The molecule has 1 fully saturated rings. The standard InChI is InChI=1S/C19H28FN3O4S/c1-2-3-12-21-18(24)19(25)22-13-11-16-6-4-5-14-23(16)28(26,27)17-9-7-15(20)8-10-17/h7-10,16H,2-6,11-14H2,1H3,(H,21,24)(H,22,25)/t16-/m0/s1. The number of unbranched alkanes of at least 4 members (excludes halogenated alkanes) is 1. The van der Waals surface area contributed by atoms with Gasteiger partial charge in [0.25, 0.3) is 0 Å². The third-order valence-electron chi connectivity index (χ3n) is 4.78. The summed E-state index contributed by atoms with van der Waals surface area (Å²) in [5, 5.41) is 5.10. The SMILES string of the molecule is CCCCNC(=O)C(=O)NCC[C@@H]1CCCCN1S(=O)(=O)c1ccc(F)cc1. The maximum absolute atomic E-state index is 13.1. The number of sulfonamides is 1. The van der Waals surface area contributed by atoms with E-state index >= 15 is 0 Å². The van der Waals surface area contributed by atoms with Crippen LogP contribution in [0.15, 0.2) is 29.2 Å². The van der Waals surface area contributed by atoms with Crippen molar-refractivity contribution in [3.8, 4) is 0 Å². The lowest BCUT2D eigenvalue weighted by Gasteiger charge is -2.34. The molecule has 1 aromatic rings. The normalized spacial score (nSPS) is 17.9. The fourth-order valence-electron chi connectivity index (χ4n) is 3.21. The molecule has 0 saturated carbocycles. The summed E-state index contributed by atoms with van der Waals surface area (Å²) < 4.78 is 40.4. The van der Waals surface area contributed by atoms with Gasteiger partial charge in [-0.1, -0.05) is 19.8 Å². The molecule has 2 N–H and O–H groups in total. The van der Waals surface area contributed by atoms with Crippen LogP contribution in [0.25, 0.3) is 0 Å². The zero-order valence-electron chi connectivity index (χ0n) is 16.1. The number of halogens is 1. The zero-order valence-corrected chi connectivity index (χ0v) is 16.9. The molecular weight excluding hydrogens is 385 g/mol. The number of benzene rings is 1. The monoisotopic (exact) mass is 413 g/mol. The first kappa shape index (κ1) is 22.3. The number of carbonyl (C=O) groups is 2. The van der Waals surface area contributed by atoms with E-state index in [0.29, 0.717) is 25.9 Å². The first-order chi connectivity index (χ1) is 13.4. The third-order valence-corrected chi connectivity index (χ3v) is 6.74. The molecule has 0 unspecified atom stereocenters. The van der Waals surface area contributed by atoms with Gasteiger partial charge in [0.1, 0.15) is 5.82 Å². The van der Waals surface area contributed by atoms with Gasteiger partial charge in [-0.25, -0.2) is 12.8 Å². The number of piperidine rings is 1. The van der Waals surface area contributed by atoms with Crippen LogP contribution < -0.4 is 10.6 Å². The number of hydrogen-bond acceptors (Lipinski definition) is 4. The van der Waals surface area contributed by atoms with Crippen LogP contribution in [0.1, 0.15) is 45.4 Å². The van der Waals surface area contributed by atoms with Crippen molar-refractivity contribution in [2.24, 2.45) is 0 Å². The van der Waals surface area contributed by atoms with Crippen LogP contribution in [0, 0.1) is 5.82 Å². The van der Waals surface area contributed by atoms with E-state index in [9.17, 15) is 22.4 Å². The Labute approximate surface area is 165 Å². The highest BCUT2D eigenvalue weighted by Crippen LogP contribution is 2.27. The van der Waals surface area contributed by atoms with Crippen LogP contribution in [-0.4, -0.2) is 50.2 Å². The quantitative estimate of drug-likeness (QED) is 0.502. The summed E-state index contributed by atoms with van der Waals surface area (Å²) in [5.41, 5.74) is 0. The largest absolute Gasteiger partial charge is 0.348 e. The van der Waals surface area contributed by atoms with Gasteiger partial charge < -0.3 is 10.6 Å². The first-order valence-electron chi connectivity index (χ1n) is 9.69. The second-order valence-electron chi connectivity index (χ2n) is 6.87. The predicted molar refractivity (Wildman–Crippen MR) is 103 cm³/mol. The van der Waals surface area contributed by atoms with Crippen molar-refractivity contribution in [2.75, 3.05) is 19.6 Å². The zero-order chi connectivity index (χ0) is 20.6. The van der Waals surface area contributed by atoms with Gasteiger partial charge in [-0.15, -0.1) is 0 Å². The van der Waals surface area contributed by atoms with Gasteiger partial charge in [0.05, 0.1) is 4.90 Å². The van der Waals surface area contributed by atoms with Crippen molar-refractivity contribution in [3.63, 3.8) is 0 Å². The first-order valence-corrected chi connectivity index (χ1v) is 11.1. The Kier molecular flexibility index (Phi) is 8.37. The molecule has 1 aromatic carbocycles. The van der Waals surface area contributed by atoms with Crippen LogP contribution >= 0.6 is 0 Å². The molecule has 1 heterocycles. The van der Waals surface area contributed by atoms with Gasteiger partial charge in [0.15, 0.2) is 0 Å². The van der Waals surface area contributed by atoms with Gasteiger partial charge >= 0.3 is 11.8 Å². The number of carbonyl (C=O) groups excluding carboxylic acids is 2. The minimum atomic E-state index is -3.74. The Bertz CT molecular complexity index is 768. The van der Waals surface area contributed by atoms with Crippen molar-refractivity contribution in [1.82, 2.24) is 14.9 Å². The number of nitrogens with one attached hydrogen (secondary N) is 2. The third kappa shape index (κ3) is 6.00. The summed E-state index contributed by atoms with van der Waals surface area (Å²) in [5.74, 6) is -1.87. The van der Waals surface area contributed by atoms with Crippen molar-refractivity contribution >= 4 is 21.8 Å². The summed E-state index contributed by atoms with van der Waals surface area (Å²) in [6.45, 7) is 3.03. The highest BCUT2D eigenvalue weighted by Gasteiger charge is 2.33. The summed E-state index contributed by atoms with van der Waals surface area (Å²) >= 11 is 0. The molecule has 9 heteroatoms. The summed E-state index contributed by atoms with van der Waals surface area (Å²) in [7, 11) is -3.74. The molecule has 1 saturated heterocycles. The van der Waals surface area contributed by atoms with Crippen molar-refractivity contribution in [1.29, 1.82) is 0 Å². The van der Waals surface area contributed by atoms with Gasteiger partial charge in [0, 0.05) is 25.7 Å². The van der Waals surface area contributed by atoms with Gasteiger partial charge in [-0.05, 0) is 49.9 Å². The molecular formula is C19H28FN3O4S. The van der Waals surface area contributed by atoms with Crippen molar-refractivity contribution in [3.05, 3.63) is 30.1 Å². The molecule has 2 rings (SSSR count). The molecule has 1 aliphatic rings. The number of nitrogens with zero attached hydrogens (tertiary/aromatic N) is 1. The molecule has 156 valence electrons. The topological polar surface area (TPSA) is 95.6 Å². The van der Waals surface area contributed by atoms with E-state index in [2.05, 4.69) is 10.6 Å². The molecule has 1 atom stereocenters. The second kappa shape index (κ2) is 10.5. The molecule has 7 nitrogen and oxygen atoms in total. The Morgan fingerprint density at radius 2 is 1.75 bits per heavy atom. The molecule has 2 amide bonds. The Hall–Kier alpha value is -2.00. The predicted octanol–water partition coefficient (Wildman–Crippen LogP) is 1.79. The summed E-state index contributed by atoms with van der Waals surface area (Å²) in [6.07, 6.45) is 4.46. The fraction of sp³-hybridized carbons (Fsp3) is 0.579. The second-order valence-corrected chi connectivity index (χ2v) is 8.76. The number of rotatable bonds is 8. The maximum atomic E-state index is 13.1. The van der Waals surface area contributed by atoms with Crippen molar-refractivity contribution in [2.45, 2.75) is 56.4 Å². The molecule has 0 bridgehead atoms. The van der Waals surface area contributed by atoms with E-state index in [-0.39, 0.29) is 17.5 Å². The average Bonchev–Trinajstić information content (AvgIpc) is 2.68. The van der Waals surface area contributed by atoms with Gasteiger partial charge in [-0.3, -0.25) is 9.59 Å². The van der Waals surface area contributed by atoms with Crippen LogP contribution in [0.3, 0.4) is 0 Å². The minimum absolute atomic E-state index is 0.0557. The highest BCUT2D eigenvalue weighted by molar-refractivity contribution is 7.89. The van der Waals surface area contributed by atoms with Crippen LogP contribution in [0.5, 0.6) is 0 Å². The van der Waals surface area contributed by atoms with Crippen LogP contribution in [0.2, 0.25) is 0 Å². The summed E-state index contributed by atoms with van der Waals surface area (Å²) in [6, 6.07) is 4.51. The fourth-order valence-corrected chi connectivity index (χ4v) is 4.94. The number of amides is 2. The highest BCUT2D eigenvalue weighted by atomic mass is 32.2.